The Hall–Kier alpha value is -5.70. The lowest BCUT2D eigenvalue weighted by Crippen LogP contribution is -2.52. The number of methoxy groups -OCH3 is 2. The van der Waals surface area contributed by atoms with Gasteiger partial charge in [0.1, 0.15) is 23.7 Å². The molecule has 15 heteroatoms. The lowest BCUT2D eigenvalue weighted by molar-refractivity contribution is -0.136. The fraction of sp³-hybridized carbons (Fsp3) is 0.489. The highest BCUT2D eigenvalue weighted by Crippen LogP contribution is 2.41. The molecule has 0 unspecified atom stereocenters. The minimum atomic E-state index is -1.78. The van der Waals surface area contributed by atoms with Crippen molar-refractivity contribution in [2.75, 3.05) is 26.9 Å². The van der Waals surface area contributed by atoms with Crippen LogP contribution in [0.5, 0.6) is 0 Å². The van der Waals surface area contributed by atoms with Crippen molar-refractivity contribution in [1.82, 2.24) is 40.4 Å². The van der Waals surface area contributed by atoms with Crippen LogP contribution in [0.4, 0.5) is 9.59 Å². The van der Waals surface area contributed by atoms with Gasteiger partial charge in [0.15, 0.2) is 0 Å². The number of alkyl carbamates (subject to hydrolysis) is 2. The number of fused-ring (bicyclic) bond motifs is 3. The van der Waals surface area contributed by atoms with Crippen molar-refractivity contribution in [3.63, 3.8) is 0 Å². The van der Waals surface area contributed by atoms with Gasteiger partial charge < -0.3 is 39.9 Å². The van der Waals surface area contributed by atoms with E-state index in [1.165, 1.54) is 14.2 Å². The Morgan fingerprint density at radius 2 is 1.32 bits per heavy atom. The van der Waals surface area contributed by atoms with Crippen molar-refractivity contribution in [3.8, 4) is 22.4 Å². The van der Waals surface area contributed by atoms with Crippen LogP contribution in [0.3, 0.4) is 0 Å². The number of rotatable bonds is 10. The molecule has 2 aliphatic heterocycles. The first-order valence-corrected chi connectivity index (χ1v) is 25.8. The summed E-state index contributed by atoms with van der Waals surface area (Å²) in [5, 5.41) is 7.89. The smallest absolute Gasteiger partial charge is 0.407 e. The maximum Gasteiger partial charge on any atom is 0.407 e. The molecule has 4 heterocycles. The Morgan fingerprint density at radius 1 is 0.710 bits per heavy atom. The van der Waals surface area contributed by atoms with Crippen LogP contribution in [0.1, 0.15) is 87.9 Å². The molecule has 4 atom stereocenters. The highest BCUT2D eigenvalue weighted by atomic mass is 28.3. The highest BCUT2D eigenvalue weighted by Gasteiger charge is 2.47. The summed E-state index contributed by atoms with van der Waals surface area (Å²) in [6.45, 7) is 5.26. The molecule has 9 rings (SSSR count). The molecule has 2 saturated heterocycles. The van der Waals surface area contributed by atoms with Crippen LogP contribution >= 0.6 is 0 Å². The van der Waals surface area contributed by atoms with E-state index < -0.39 is 32.3 Å². The van der Waals surface area contributed by atoms with Gasteiger partial charge >= 0.3 is 12.2 Å². The van der Waals surface area contributed by atoms with E-state index in [0.29, 0.717) is 12.7 Å². The molecule has 2 aromatic heterocycles. The number of benzene rings is 3. The first-order chi connectivity index (χ1) is 30.0. The predicted octanol–water partition coefficient (Wildman–Crippen LogP) is 8.40. The Kier molecular flexibility index (Phi) is 11.6. The average molecular weight is 859 g/mol. The number of carbonyl (C=O) groups excluding carboxylic acids is 4. The molecule has 2 saturated carbocycles. The second-order valence-electron chi connectivity index (χ2n) is 18.6. The number of hydrogen-bond acceptors (Lipinski definition) is 8. The van der Waals surface area contributed by atoms with Gasteiger partial charge in [0.2, 0.25) is 11.8 Å². The van der Waals surface area contributed by atoms with E-state index in [1.54, 1.807) is 0 Å². The minimum Gasteiger partial charge on any atom is -0.453 e. The summed E-state index contributed by atoms with van der Waals surface area (Å²) < 4.78 is 9.83. The summed E-state index contributed by atoms with van der Waals surface area (Å²) in [7, 11) is 0.893. The molecule has 62 heavy (non-hydrogen) atoms. The van der Waals surface area contributed by atoms with Crippen LogP contribution in [-0.2, 0) is 19.1 Å². The summed E-state index contributed by atoms with van der Waals surface area (Å²) >= 11 is 0. The summed E-state index contributed by atoms with van der Waals surface area (Å²) in [5.74, 6) is 1.65. The van der Waals surface area contributed by atoms with Crippen LogP contribution in [0.2, 0.25) is 19.1 Å². The zero-order valence-electron chi connectivity index (χ0n) is 36.2. The molecule has 5 aromatic rings. The van der Waals surface area contributed by atoms with E-state index >= 15 is 0 Å². The quantitative estimate of drug-likeness (QED) is 0.101. The topological polar surface area (TPSA) is 175 Å². The molecule has 0 radical (unpaired) electrons. The van der Waals surface area contributed by atoms with Crippen molar-refractivity contribution in [2.24, 2.45) is 11.8 Å². The van der Waals surface area contributed by atoms with Crippen molar-refractivity contribution >= 4 is 53.9 Å². The number of hydrogen-bond donors (Lipinski definition) is 4. The van der Waals surface area contributed by atoms with E-state index in [-0.39, 0.29) is 35.7 Å². The number of aromatic nitrogens is 4. The van der Waals surface area contributed by atoms with Crippen molar-refractivity contribution in [3.05, 3.63) is 72.4 Å². The first kappa shape index (κ1) is 41.6. The molecule has 326 valence electrons. The third-order valence-electron chi connectivity index (χ3n) is 14.0. The number of imidazole rings is 2. The Balaban J connectivity index is 0.919. The lowest BCUT2D eigenvalue weighted by atomic mass is 9.96. The second-order valence-corrected chi connectivity index (χ2v) is 23.7. The average Bonchev–Trinajstić information content (AvgIpc) is 4.14. The van der Waals surface area contributed by atoms with Crippen LogP contribution < -0.4 is 10.6 Å². The van der Waals surface area contributed by atoms with Gasteiger partial charge in [-0.2, -0.15) is 0 Å². The van der Waals surface area contributed by atoms with E-state index in [0.717, 1.165) is 126 Å². The van der Waals surface area contributed by atoms with Crippen molar-refractivity contribution in [2.45, 2.75) is 108 Å². The lowest BCUT2D eigenvalue weighted by Gasteiger charge is -2.31. The Bertz CT molecular complexity index is 2470. The summed E-state index contributed by atoms with van der Waals surface area (Å²) in [6, 6.07) is 18.4. The fourth-order valence-electron chi connectivity index (χ4n) is 10.8. The number of carbonyl (C=O) groups is 4. The van der Waals surface area contributed by atoms with Gasteiger partial charge in [-0.15, -0.1) is 0 Å². The molecular weight excluding hydrogens is 801 g/mol. The van der Waals surface area contributed by atoms with Crippen LogP contribution in [0.15, 0.2) is 60.8 Å². The number of aromatic amines is 2. The molecule has 0 spiro atoms. The van der Waals surface area contributed by atoms with Gasteiger partial charge in [0, 0.05) is 18.1 Å². The predicted molar refractivity (Wildman–Crippen MR) is 240 cm³/mol. The number of nitrogens with one attached hydrogen (secondary N) is 4. The fourth-order valence-corrected chi connectivity index (χ4v) is 13.7. The van der Waals surface area contributed by atoms with E-state index in [2.05, 4.69) is 82.2 Å². The summed E-state index contributed by atoms with van der Waals surface area (Å²) in [6.07, 6.45) is 11.0. The number of H-pyrrole nitrogens is 2. The summed E-state index contributed by atoms with van der Waals surface area (Å²) in [5.41, 5.74) is 5.84. The van der Waals surface area contributed by atoms with Crippen molar-refractivity contribution < 1.29 is 28.7 Å². The van der Waals surface area contributed by atoms with Gasteiger partial charge in [0.25, 0.3) is 0 Å². The molecule has 4 amide bonds. The normalized spacial score (nSPS) is 21.4. The molecule has 4 N–H and O–H groups in total. The molecule has 4 fully saturated rings. The molecule has 14 nitrogen and oxygen atoms in total. The highest BCUT2D eigenvalue weighted by molar-refractivity contribution is 6.78. The first-order valence-electron chi connectivity index (χ1n) is 22.4. The third kappa shape index (κ3) is 8.18. The van der Waals surface area contributed by atoms with Crippen LogP contribution in [0, 0.1) is 11.8 Å². The largest absolute Gasteiger partial charge is 0.453 e. The Morgan fingerprint density at radius 3 is 1.97 bits per heavy atom. The SMILES string of the molecule is COC(=O)N[C@H](C(=O)N1CCC[C@H]1c1ncc(-c2ccc(-c3ccc4c(ccc5nc([C@@H]6C[Si](C)(C)CN6C(=O)[C@@H](NC(=O)OC)C6CCCC6)[nH]c54)c3)cc2)[nH]1)C1CCCC1. The maximum absolute atomic E-state index is 14.3. The standard InChI is InChI=1S/C47H58N8O6Si/c1-60-46(58)52-39(30-10-5-6-11-30)44(56)54-23-9-14-37(54)42-48-25-36(50-42)29-17-15-28(16-18-29)32-19-21-34-33(24-32)20-22-35-41(34)51-43(49-35)38-26-62(3,4)27-55(38)45(57)40(53-47(59)61-2)31-12-7-8-13-31/h15-22,24-25,30-31,37-40H,5-14,23,26-27H2,1-4H3,(H,48,50)(H,49,51)(H,52,58)(H,53,59)/t37-,38-,39-,40-/m0/s1. The monoisotopic (exact) mass is 858 g/mol. The van der Waals surface area contributed by atoms with Gasteiger partial charge in [-0.3, -0.25) is 9.59 Å². The number of amides is 4. The van der Waals surface area contributed by atoms with Crippen LogP contribution in [0.25, 0.3) is 44.2 Å². The van der Waals surface area contributed by atoms with Gasteiger partial charge in [-0.25, -0.2) is 19.6 Å². The molecule has 2 aliphatic carbocycles. The maximum atomic E-state index is 14.3. The van der Waals surface area contributed by atoms with Gasteiger partial charge in [0.05, 0.1) is 57.3 Å². The second kappa shape index (κ2) is 17.2. The zero-order valence-corrected chi connectivity index (χ0v) is 37.2. The third-order valence-corrected chi connectivity index (χ3v) is 16.7. The molecule has 0 bridgehead atoms. The van der Waals surface area contributed by atoms with Gasteiger partial charge in [-0.1, -0.05) is 81.2 Å². The number of ether oxygens (including phenoxy) is 2. The van der Waals surface area contributed by atoms with Gasteiger partial charge in [-0.05, 0) is 90.6 Å². The molecule has 3 aromatic carbocycles. The Labute approximate surface area is 362 Å². The number of nitrogens with zero attached hydrogens (tertiary/aromatic N) is 4. The van der Waals surface area contributed by atoms with E-state index in [9.17, 15) is 19.2 Å². The summed E-state index contributed by atoms with van der Waals surface area (Å²) in [4.78, 5) is 73.8. The minimum absolute atomic E-state index is 0.0365. The zero-order chi connectivity index (χ0) is 43.1. The molecular formula is C47H58N8O6Si. The van der Waals surface area contributed by atoms with E-state index in [1.807, 2.05) is 22.1 Å². The number of likely N-dealkylation sites (tertiary alicyclic amines) is 1. The molecule has 4 aliphatic rings. The van der Waals surface area contributed by atoms with E-state index in [4.69, 9.17) is 19.4 Å². The van der Waals surface area contributed by atoms with Crippen molar-refractivity contribution in [1.29, 1.82) is 0 Å². The van der Waals surface area contributed by atoms with Crippen LogP contribution in [-0.4, -0.2) is 101 Å².